The van der Waals surface area contributed by atoms with Gasteiger partial charge in [0, 0.05) is 13.2 Å². The standard InChI is InChI=1S/C12H18O3/c1-15-12-4-2-10(3-5-12)8-11(9-14)6-7-13/h2-5,11,13-14H,6-9H2,1H3. The molecular weight excluding hydrogens is 192 g/mol. The van der Waals surface area contributed by atoms with E-state index in [1.54, 1.807) is 7.11 Å². The lowest BCUT2D eigenvalue weighted by Gasteiger charge is -2.12. The number of rotatable bonds is 6. The Kier molecular flexibility index (Phi) is 5.15. The third-order valence-electron chi connectivity index (χ3n) is 2.48. The molecule has 0 radical (unpaired) electrons. The molecule has 0 amide bonds. The number of aliphatic hydroxyl groups is 2. The van der Waals surface area contributed by atoms with E-state index in [0.717, 1.165) is 17.7 Å². The van der Waals surface area contributed by atoms with Gasteiger partial charge >= 0.3 is 0 Å². The Bertz CT molecular complexity index is 269. The minimum Gasteiger partial charge on any atom is -0.497 e. The monoisotopic (exact) mass is 210 g/mol. The Labute approximate surface area is 90.3 Å². The largest absolute Gasteiger partial charge is 0.497 e. The van der Waals surface area contributed by atoms with E-state index in [9.17, 15) is 0 Å². The number of ether oxygens (including phenoxy) is 1. The Morgan fingerprint density at radius 3 is 2.33 bits per heavy atom. The molecule has 1 aromatic carbocycles. The number of aliphatic hydroxyl groups excluding tert-OH is 2. The van der Waals surface area contributed by atoms with Crippen LogP contribution in [-0.4, -0.2) is 30.5 Å². The highest BCUT2D eigenvalue weighted by Gasteiger charge is 2.07. The summed E-state index contributed by atoms with van der Waals surface area (Å²) >= 11 is 0. The van der Waals surface area contributed by atoms with Crippen LogP contribution in [0, 0.1) is 5.92 Å². The van der Waals surface area contributed by atoms with Crippen LogP contribution in [0.2, 0.25) is 0 Å². The molecular formula is C12H18O3. The van der Waals surface area contributed by atoms with E-state index >= 15 is 0 Å². The quantitative estimate of drug-likeness (QED) is 0.742. The lowest BCUT2D eigenvalue weighted by atomic mass is 9.97. The maximum atomic E-state index is 9.08. The summed E-state index contributed by atoms with van der Waals surface area (Å²) in [4.78, 5) is 0. The van der Waals surface area contributed by atoms with Gasteiger partial charge in [-0.05, 0) is 36.5 Å². The molecule has 3 nitrogen and oxygen atoms in total. The molecule has 1 aromatic rings. The second-order valence-electron chi connectivity index (χ2n) is 3.61. The number of methoxy groups -OCH3 is 1. The topological polar surface area (TPSA) is 49.7 Å². The predicted molar refractivity (Wildman–Crippen MR) is 59.0 cm³/mol. The third kappa shape index (κ3) is 3.90. The first kappa shape index (κ1) is 12.0. The molecule has 0 fully saturated rings. The van der Waals surface area contributed by atoms with Gasteiger partial charge in [-0.15, -0.1) is 0 Å². The van der Waals surface area contributed by atoms with E-state index in [4.69, 9.17) is 14.9 Å². The fourth-order valence-corrected chi connectivity index (χ4v) is 1.54. The molecule has 0 aliphatic rings. The number of hydrogen-bond donors (Lipinski definition) is 2. The maximum Gasteiger partial charge on any atom is 0.118 e. The molecule has 0 heterocycles. The van der Waals surface area contributed by atoms with Gasteiger partial charge in [-0.25, -0.2) is 0 Å². The predicted octanol–water partition coefficient (Wildman–Crippen LogP) is 1.23. The van der Waals surface area contributed by atoms with E-state index in [0.29, 0.717) is 6.42 Å². The molecule has 0 saturated heterocycles. The summed E-state index contributed by atoms with van der Waals surface area (Å²) in [6.45, 7) is 0.244. The summed E-state index contributed by atoms with van der Waals surface area (Å²) in [5.41, 5.74) is 1.16. The van der Waals surface area contributed by atoms with Crippen LogP contribution in [0.5, 0.6) is 5.75 Å². The van der Waals surface area contributed by atoms with Gasteiger partial charge in [0.2, 0.25) is 0 Å². The summed E-state index contributed by atoms with van der Waals surface area (Å²) in [6.07, 6.45) is 1.43. The zero-order valence-corrected chi connectivity index (χ0v) is 9.02. The van der Waals surface area contributed by atoms with Crippen LogP contribution in [0.15, 0.2) is 24.3 Å². The van der Waals surface area contributed by atoms with E-state index in [1.807, 2.05) is 24.3 Å². The van der Waals surface area contributed by atoms with Crippen molar-refractivity contribution in [2.75, 3.05) is 20.3 Å². The van der Waals surface area contributed by atoms with Crippen LogP contribution in [0.1, 0.15) is 12.0 Å². The number of hydrogen-bond acceptors (Lipinski definition) is 3. The highest BCUT2D eigenvalue weighted by Crippen LogP contribution is 2.15. The average Bonchev–Trinajstić information content (AvgIpc) is 2.29. The summed E-state index contributed by atoms with van der Waals surface area (Å²) in [6, 6.07) is 7.78. The molecule has 15 heavy (non-hydrogen) atoms. The Morgan fingerprint density at radius 1 is 1.20 bits per heavy atom. The SMILES string of the molecule is COc1ccc(CC(CO)CCO)cc1. The van der Waals surface area contributed by atoms with Crippen molar-refractivity contribution in [3.05, 3.63) is 29.8 Å². The van der Waals surface area contributed by atoms with Crippen molar-refractivity contribution in [2.24, 2.45) is 5.92 Å². The lowest BCUT2D eigenvalue weighted by Crippen LogP contribution is -2.11. The molecule has 0 aromatic heterocycles. The van der Waals surface area contributed by atoms with Crippen LogP contribution in [0.25, 0.3) is 0 Å². The van der Waals surface area contributed by atoms with Crippen LogP contribution in [0.3, 0.4) is 0 Å². The first-order chi connectivity index (χ1) is 7.30. The summed E-state index contributed by atoms with van der Waals surface area (Å²) in [5, 5.41) is 17.9. The van der Waals surface area contributed by atoms with E-state index in [2.05, 4.69) is 0 Å². The molecule has 84 valence electrons. The minimum absolute atomic E-state index is 0.118. The van der Waals surface area contributed by atoms with Gasteiger partial charge in [0.05, 0.1) is 7.11 Å². The molecule has 0 aliphatic heterocycles. The summed E-state index contributed by atoms with van der Waals surface area (Å²) < 4.78 is 5.06. The molecule has 2 N–H and O–H groups in total. The maximum absolute atomic E-state index is 9.08. The summed E-state index contributed by atoms with van der Waals surface area (Å²) in [5.74, 6) is 0.977. The third-order valence-corrected chi connectivity index (χ3v) is 2.48. The van der Waals surface area contributed by atoms with E-state index in [-0.39, 0.29) is 19.1 Å². The van der Waals surface area contributed by atoms with Gasteiger partial charge in [-0.3, -0.25) is 0 Å². The Balaban J connectivity index is 2.55. The molecule has 0 saturated carbocycles. The van der Waals surface area contributed by atoms with Gasteiger partial charge in [-0.2, -0.15) is 0 Å². The molecule has 1 unspecified atom stereocenters. The zero-order chi connectivity index (χ0) is 11.1. The highest BCUT2D eigenvalue weighted by atomic mass is 16.5. The Hall–Kier alpha value is -1.06. The van der Waals surface area contributed by atoms with Crippen LogP contribution < -0.4 is 4.74 Å². The minimum atomic E-state index is 0.118. The smallest absolute Gasteiger partial charge is 0.118 e. The van der Waals surface area contributed by atoms with Crippen molar-refractivity contribution in [2.45, 2.75) is 12.8 Å². The van der Waals surface area contributed by atoms with Crippen molar-refractivity contribution in [1.82, 2.24) is 0 Å². The first-order valence-electron chi connectivity index (χ1n) is 5.14. The molecule has 1 atom stereocenters. The lowest BCUT2D eigenvalue weighted by molar-refractivity contribution is 0.183. The second kappa shape index (κ2) is 6.43. The van der Waals surface area contributed by atoms with Crippen LogP contribution >= 0.6 is 0 Å². The molecule has 1 rings (SSSR count). The normalized spacial score (nSPS) is 12.5. The van der Waals surface area contributed by atoms with Crippen molar-refractivity contribution in [3.63, 3.8) is 0 Å². The van der Waals surface area contributed by atoms with Crippen molar-refractivity contribution in [3.8, 4) is 5.75 Å². The van der Waals surface area contributed by atoms with E-state index < -0.39 is 0 Å². The van der Waals surface area contributed by atoms with Crippen molar-refractivity contribution >= 4 is 0 Å². The fraction of sp³-hybridized carbons (Fsp3) is 0.500. The molecule has 3 heteroatoms. The van der Waals surface area contributed by atoms with Gasteiger partial charge in [0.1, 0.15) is 5.75 Å². The van der Waals surface area contributed by atoms with Crippen LogP contribution in [0.4, 0.5) is 0 Å². The average molecular weight is 210 g/mol. The molecule has 0 aliphatic carbocycles. The van der Waals surface area contributed by atoms with Gasteiger partial charge < -0.3 is 14.9 Å². The van der Waals surface area contributed by atoms with Gasteiger partial charge in [-0.1, -0.05) is 12.1 Å². The molecule has 0 spiro atoms. The Morgan fingerprint density at radius 2 is 1.87 bits per heavy atom. The second-order valence-corrected chi connectivity index (χ2v) is 3.61. The zero-order valence-electron chi connectivity index (χ0n) is 9.02. The highest BCUT2D eigenvalue weighted by molar-refractivity contribution is 5.27. The number of benzene rings is 1. The molecule has 0 bridgehead atoms. The van der Waals surface area contributed by atoms with Crippen molar-refractivity contribution in [1.29, 1.82) is 0 Å². The fourth-order valence-electron chi connectivity index (χ4n) is 1.54. The van der Waals surface area contributed by atoms with E-state index in [1.165, 1.54) is 0 Å². The van der Waals surface area contributed by atoms with Crippen molar-refractivity contribution < 1.29 is 14.9 Å². The van der Waals surface area contributed by atoms with Gasteiger partial charge in [0.15, 0.2) is 0 Å². The van der Waals surface area contributed by atoms with Crippen LogP contribution in [-0.2, 0) is 6.42 Å². The van der Waals surface area contributed by atoms with Gasteiger partial charge in [0.25, 0.3) is 0 Å². The first-order valence-corrected chi connectivity index (χ1v) is 5.14. The summed E-state index contributed by atoms with van der Waals surface area (Å²) in [7, 11) is 1.64.